The van der Waals surface area contributed by atoms with Crippen molar-refractivity contribution < 1.29 is 9.59 Å². The highest BCUT2D eigenvalue weighted by molar-refractivity contribution is 5.89. The van der Waals surface area contributed by atoms with Crippen LogP contribution in [0, 0.1) is 0 Å². The van der Waals surface area contributed by atoms with Gasteiger partial charge in [-0.25, -0.2) is 4.79 Å². The first-order valence-corrected chi connectivity index (χ1v) is 8.84. The number of nitrogens with one attached hydrogen (secondary N) is 3. The van der Waals surface area contributed by atoms with E-state index in [2.05, 4.69) is 16.0 Å². The first kappa shape index (κ1) is 19.5. The van der Waals surface area contributed by atoms with Crippen LogP contribution in [-0.4, -0.2) is 48.6 Å². The summed E-state index contributed by atoms with van der Waals surface area (Å²) in [6, 6.07) is 9.71. The van der Waals surface area contributed by atoms with Crippen molar-refractivity contribution in [3.63, 3.8) is 0 Å². The molecule has 25 heavy (non-hydrogen) atoms. The summed E-state index contributed by atoms with van der Waals surface area (Å²) in [5, 5.41) is 9.20. The standard InChI is InChI=1S/C18H26N4O2.ClH/c23-17(13-16-7-4-10-19-16)22-11-8-15(9-12-22)21-18(24)20-14-5-2-1-3-6-14;/h1-3,5-6,15-16,19H,4,7-13H2,(H2,20,21,24);1H. The predicted molar refractivity (Wildman–Crippen MR) is 101 cm³/mol. The molecule has 0 radical (unpaired) electrons. The molecule has 3 N–H and O–H groups in total. The molecule has 3 amide bonds. The number of para-hydroxylation sites is 1. The van der Waals surface area contributed by atoms with Gasteiger partial charge in [-0.2, -0.15) is 0 Å². The van der Waals surface area contributed by atoms with Crippen molar-refractivity contribution in [3.05, 3.63) is 30.3 Å². The van der Waals surface area contributed by atoms with Crippen LogP contribution >= 0.6 is 12.4 Å². The van der Waals surface area contributed by atoms with Crippen molar-refractivity contribution in [3.8, 4) is 0 Å². The highest BCUT2D eigenvalue weighted by Crippen LogP contribution is 2.15. The molecule has 0 spiro atoms. The molecule has 0 saturated carbocycles. The molecule has 3 rings (SSSR count). The second-order valence-corrected chi connectivity index (χ2v) is 6.62. The normalized spacial score (nSPS) is 20.6. The minimum absolute atomic E-state index is 0. The Morgan fingerprint density at radius 3 is 2.48 bits per heavy atom. The van der Waals surface area contributed by atoms with Crippen LogP contribution in [0.2, 0.25) is 0 Å². The number of urea groups is 1. The molecule has 1 aromatic carbocycles. The third-order valence-corrected chi connectivity index (χ3v) is 4.80. The zero-order chi connectivity index (χ0) is 16.8. The van der Waals surface area contributed by atoms with Crippen molar-refractivity contribution in [1.29, 1.82) is 0 Å². The second kappa shape index (κ2) is 9.63. The number of carbonyl (C=O) groups is 2. The number of halogens is 1. The molecule has 2 fully saturated rings. The van der Waals surface area contributed by atoms with Gasteiger partial charge in [-0.15, -0.1) is 12.4 Å². The van der Waals surface area contributed by atoms with Crippen LogP contribution in [0.1, 0.15) is 32.1 Å². The van der Waals surface area contributed by atoms with Crippen LogP contribution in [0.4, 0.5) is 10.5 Å². The maximum absolute atomic E-state index is 12.3. The first-order valence-electron chi connectivity index (χ1n) is 8.84. The molecule has 6 nitrogen and oxygen atoms in total. The summed E-state index contributed by atoms with van der Waals surface area (Å²) in [4.78, 5) is 26.3. The molecule has 2 aliphatic rings. The van der Waals surface area contributed by atoms with Gasteiger partial charge >= 0.3 is 6.03 Å². The van der Waals surface area contributed by atoms with E-state index in [0.717, 1.165) is 44.6 Å². The summed E-state index contributed by atoms with van der Waals surface area (Å²) < 4.78 is 0. The SMILES string of the molecule is Cl.O=C(Nc1ccccc1)NC1CCN(C(=O)CC2CCCN2)CC1. The van der Waals surface area contributed by atoms with Crippen molar-refractivity contribution in [2.75, 3.05) is 25.0 Å². The van der Waals surface area contributed by atoms with Gasteiger partial charge in [0.05, 0.1) is 0 Å². The number of rotatable bonds is 4. The van der Waals surface area contributed by atoms with Crippen LogP contribution in [0.15, 0.2) is 30.3 Å². The fraction of sp³-hybridized carbons (Fsp3) is 0.556. The Hall–Kier alpha value is -1.79. The van der Waals surface area contributed by atoms with Gasteiger partial charge in [0.1, 0.15) is 0 Å². The Bertz CT molecular complexity index is 555. The van der Waals surface area contributed by atoms with E-state index in [9.17, 15) is 9.59 Å². The number of hydrogen-bond acceptors (Lipinski definition) is 3. The van der Waals surface area contributed by atoms with Gasteiger partial charge in [-0.1, -0.05) is 18.2 Å². The quantitative estimate of drug-likeness (QED) is 0.765. The van der Waals surface area contributed by atoms with E-state index < -0.39 is 0 Å². The molecule has 0 bridgehead atoms. The van der Waals surface area contributed by atoms with E-state index in [4.69, 9.17) is 0 Å². The van der Waals surface area contributed by atoms with Gasteiger partial charge in [-0.05, 0) is 44.4 Å². The van der Waals surface area contributed by atoms with Crippen LogP contribution < -0.4 is 16.0 Å². The number of likely N-dealkylation sites (tertiary alicyclic amines) is 1. The average molecular weight is 367 g/mol. The Morgan fingerprint density at radius 1 is 1.12 bits per heavy atom. The smallest absolute Gasteiger partial charge is 0.319 e. The molecular formula is C18H27ClN4O2. The molecule has 1 atom stereocenters. The third kappa shape index (κ3) is 5.90. The lowest BCUT2D eigenvalue weighted by atomic mass is 10.0. The first-order chi connectivity index (χ1) is 11.7. The molecule has 138 valence electrons. The molecule has 0 aromatic heterocycles. The zero-order valence-corrected chi connectivity index (χ0v) is 15.2. The maximum atomic E-state index is 12.3. The zero-order valence-electron chi connectivity index (χ0n) is 14.4. The molecule has 1 unspecified atom stereocenters. The predicted octanol–water partition coefficient (Wildman–Crippen LogP) is 2.36. The van der Waals surface area contributed by atoms with Gasteiger partial charge in [0.2, 0.25) is 5.91 Å². The van der Waals surface area contributed by atoms with E-state index in [1.165, 1.54) is 6.42 Å². The van der Waals surface area contributed by atoms with E-state index >= 15 is 0 Å². The third-order valence-electron chi connectivity index (χ3n) is 4.80. The summed E-state index contributed by atoms with van der Waals surface area (Å²) in [7, 11) is 0. The number of carbonyl (C=O) groups excluding carboxylic acids is 2. The molecule has 2 aliphatic heterocycles. The highest BCUT2D eigenvalue weighted by atomic mass is 35.5. The lowest BCUT2D eigenvalue weighted by Gasteiger charge is -2.33. The number of hydrogen-bond donors (Lipinski definition) is 3. The Labute approximate surface area is 155 Å². The maximum Gasteiger partial charge on any atom is 0.319 e. The molecule has 2 heterocycles. The Balaban J connectivity index is 0.00000225. The van der Waals surface area contributed by atoms with Crippen LogP contribution in [0.5, 0.6) is 0 Å². The summed E-state index contributed by atoms with van der Waals surface area (Å²) in [6.07, 6.45) is 4.49. The van der Waals surface area contributed by atoms with Crippen molar-refractivity contribution in [2.24, 2.45) is 0 Å². The van der Waals surface area contributed by atoms with Gasteiger partial charge in [0, 0.05) is 37.3 Å². The van der Waals surface area contributed by atoms with Crippen LogP contribution in [0.25, 0.3) is 0 Å². The van der Waals surface area contributed by atoms with Crippen LogP contribution in [-0.2, 0) is 4.79 Å². The fourth-order valence-electron chi connectivity index (χ4n) is 3.42. The molecule has 0 aliphatic carbocycles. The second-order valence-electron chi connectivity index (χ2n) is 6.62. The fourth-order valence-corrected chi connectivity index (χ4v) is 3.42. The summed E-state index contributed by atoms with van der Waals surface area (Å²) in [5.74, 6) is 0.238. The molecule has 1 aromatic rings. The number of benzene rings is 1. The molecular weight excluding hydrogens is 340 g/mol. The van der Waals surface area contributed by atoms with E-state index in [1.54, 1.807) is 0 Å². The summed E-state index contributed by atoms with van der Waals surface area (Å²) in [6.45, 7) is 2.48. The largest absolute Gasteiger partial charge is 0.342 e. The minimum atomic E-state index is -0.180. The van der Waals surface area contributed by atoms with Crippen molar-refractivity contribution >= 4 is 30.0 Å². The van der Waals surface area contributed by atoms with Crippen molar-refractivity contribution in [2.45, 2.75) is 44.2 Å². The van der Waals surface area contributed by atoms with E-state index in [-0.39, 0.29) is 30.4 Å². The Morgan fingerprint density at radius 2 is 1.84 bits per heavy atom. The van der Waals surface area contributed by atoms with Crippen LogP contribution in [0.3, 0.4) is 0 Å². The van der Waals surface area contributed by atoms with E-state index in [1.807, 2.05) is 35.2 Å². The Kier molecular flexibility index (Phi) is 7.52. The van der Waals surface area contributed by atoms with Gasteiger partial charge in [0.25, 0.3) is 0 Å². The monoisotopic (exact) mass is 366 g/mol. The number of piperidine rings is 1. The van der Waals surface area contributed by atoms with Gasteiger partial charge in [0.15, 0.2) is 0 Å². The summed E-state index contributed by atoms with van der Waals surface area (Å²) in [5.41, 5.74) is 0.784. The highest BCUT2D eigenvalue weighted by Gasteiger charge is 2.26. The number of nitrogens with zero attached hydrogens (tertiary/aromatic N) is 1. The molecule has 2 saturated heterocycles. The summed E-state index contributed by atoms with van der Waals surface area (Å²) >= 11 is 0. The van der Waals surface area contributed by atoms with E-state index in [0.29, 0.717) is 12.5 Å². The topological polar surface area (TPSA) is 73.5 Å². The van der Waals surface area contributed by atoms with Gasteiger partial charge < -0.3 is 20.9 Å². The number of anilines is 1. The number of amides is 3. The van der Waals surface area contributed by atoms with Gasteiger partial charge in [-0.3, -0.25) is 4.79 Å². The average Bonchev–Trinajstić information content (AvgIpc) is 3.09. The van der Waals surface area contributed by atoms with Crippen molar-refractivity contribution in [1.82, 2.24) is 15.5 Å². The lowest BCUT2D eigenvalue weighted by molar-refractivity contribution is -0.132. The lowest BCUT2D eigenvalue weighted by Crippen LogP contribution is -2.48. The molecule has 7 heteroatoms. The minimum Gasteiger partial charge on any atom is -0.342 e.